The lowest BCUT2D eigenvalue weighted by Gasteiger charge is -2.03. The number of aromatic nitrogens is 2. The molecular weight excluding hydrogens is 268 g/mol. The van der Waals surface area contributed by atoms with E-state index in [1.165, 1.54) is 0 Å². The summed E-state index contributed by atoms with van der Waals surface area (Å²) >= 11 is 1.63. The van der Waals surface area contributed by atoms with Crippen LogP contribution in [0.1, 0.15) is 16.1 Å². The molecule has 3 heterocycles. The van der Waals surface area contributed by atoms with Crippen molar-refractivity contribution in [3.63, 3.8) is 0 Å². The van der Waals surface area contributed by atoms with E-state index in [4.69, 9.17) is 0 Å². The zero-order valence-electron chi connectivity index (χ0n) is 10.7. The minimum Gasteiger partial charge on any atom is -0.292 e. The van der Waals surface area contributed by atoms with Gasteiger partial charge in [-0.1, -0.05) is 6.07 Å². The van der Waals surface area contributed by atoms with Crippen LogP contribution in [0.2, 0.25) is 0 Å². The first-order valence-corrected chi connectivity index (χ1v) is 7.19. The van der Waals surface area contributed by atoms with Gasteiger partial charge in [0, 0.05) is 29.8 Å². The van der Waals surface area contributed by atoms with Gasteiger partial charge in [0.25, 0.3) is 0 Å². The number of carbonyl (C=O) groups excluding carboxylic acids is 1. The number of hydrogen-bond donors (Lipinski definition) is 0. The first-order chi connectivity index (χ1) is 9.83. The average Bonchev–Trinajstić information content (AvgIpc) is 3.03. The molecule has 0 aromatic carbocycles. The van der Waals surface area contributed by atoms with Gasteiger partial charge in [0.1, 0.15) is 5.69 Å². The van der Waals surface area contributed by atoms with Crippen LogP contribution in [0, 0.1) is 0 Å². The van der Waals surface area contributed by atoms with Crippen LogP contribution in [0.15, 0.2) is 59.6 Å². The summed E-state index contributed by atoms with van der Waals surface area (Å²) in [6.07, 6.45) is 3.72. The molecule has 3 rings (SSSR count). The molecule has 0 radical (unpaired) electrons. The number of carbonyl (C=O) groups is 1. The van der Waals surface area contributed by atoms with E-state index in [-0.39, 0.29) is 5.78 Å². The molecular formula is C16H12N2OS. The van der Waals surface area contributed by atoms with Crippen LogP contribution in [-0.2, 0) is 6.42 Å². The van der Waals surface area contributed by atoms with Gasteiger partial charge < -0.3 is 0 Å². The van der Waals surface area contributed by atoms with Crippen LogP contribution in [0.5, 0.6) is 0 Å². The Bertz CT molecular complexity index is 708. The van der Waals surface area contributed by atoms with Crippen molar-refractivity contribution in [2.75, 3.05) is 0 Å². The van der Waals surface area contributed by atoms with Gasteiger partial charge in [-0.15, -0.1) is 0 Å². The Labute approximate surface area is 121 Å². The van der Waals surface area contributed by atoms with Crippen LogP contribution in [-0.4, -0.2) is 15.8 Å². The topological polar surface area (TPSA) is 42.9 Å². The molecule has 3 aromatic heterocycles. The zero-order chi connectivity index (χ0) is 13.8. The molecule has 0 aliphatic heterocycles. The van der Waals surface area contributed by atoms with Crippen molar-refractivity contribution in [1.29, 1.82) is 0 Å². The molecule has 0 spiro atoms. The van der Waals surface area contributed by atoms with E-state index in [0.717, 1.165) is 16.8 Å². The van der Waals surface area contributed by atoms with Crippen molar-refractivity contribution in [3.8, 4) is 11.3 Å². The van der Waals surface area contributed by atoms with E-state index in [2.05, 4.69) is 9.97 Å². The van der Waals surface area contributed by atoms with Crippen LogP contribution < -0.4 is 0 Å². The molecule has 4 heteroatoms. The highest BCUT2D eigenvalue weighted by molar-refractivity contribution is 7.08. The number of pyridine rings is 2. The van der Waals surface area contributed by atoms with Crippen molar-refractivity contribution < 1.29 is 4.79 Å². The average molecular weight is 280 g/mol. The highest BCUT2D eigenvalue weighted by Gasteiger charge is 2.09. The van der Waals surface area contributed by atoms with E-state index in [0.29, 0.717) is 12.1 Å². The lowest BCUT2D eigenvalue weighted by atomic mass is 10.1. The zero-order valence-corrected chi connectivity index (χ0v) is 11.5. The third kappa shape index (κ3) is 2.81. The standard InChI is InChI=1S/C16H12N2OS/c19-16(14-3-1-2-6-17-14)10-12-4-7-18-15(9-12)13-5-8-20-11-13/h1-9,11H,10H2. The first kappa shape index (κ1) is 12.7. The largest absolute Gasteiger partial charge is 0.292 e. The number of ketones is 1. The first-order valence-electron chi connectivity index (χ1n) is 6.24. The molecule has 0 unspecified atom stereocenters. The Kier molecular flexibility index (Phi) is 3.65. The molecule has 0 N–H and O–H groups in total. The van der Waals surface area contributed by atoms with Crippen LogP contribution in [0.3, 0.4) is 0 Å². The Morgan fingerprint density at radius 1 is 1.10 bits per heavy atom. The third-order valence-electron chi connectivity index (χ3n) is 2.96. The van der Waals surface area contributed by atoms with Gasteiger partial charge in [0.15, 0.2) is 5.78 Å². The molecule has 3 nitrogen and oxygen atoms in total. The molecule has 20 heavy (non-hydrogen) atoms. The lowest BCUT2D eigenvalue weighted by molar-refractivity contribution is 0.0988. The number of hydrogen-bond acceptors (Lipinski definition) is 4. The summed E-state index contributed by atoms with van der Waals surface area (Å²) in [6, 6.07) is 11.2. The van der Waals surface area contributed by atoms with E-state index in [1.807, 2.05) is 35.0 Å². The highest BCUT2D eigenvalue weighted by atomic mass is 32.1. The van der Waals surface area contributed by atoms with Crippen LogP contribution >= 0.6 is 11.3 Å². The number of thiophene rings is 1. The Balaban J connectivity index is 1.82. The summed E-state index contributed by atoms with van der Waals surface area (Å²) in [5.41, 5.74) is 3.44. The predicted molar refractivity (Wildman–Crippen MR) is 79.8 cm³/mol. The molecule has 0 amide bonds. The second-order valence-electron chi connectivity index (χ2n) is 4.38. The van der Waals surface area contributed by atoms with Gasteiger partial charge in [0.2, 0.25) is 0 Å². The Hall–Kier alpha value is -2.33. The van der Waals surface area contributed by atoms with Crippen LogP contribution in [0.25, 0.3) is 11.3 Å². The number of Topliss-reactive ketones (excluding diaryl/α,β-unsaturated/α-hetero) is 1. The third-order valence-corrected chi connectivity index (χ3v) is 3.64. The summed E-state index contributed by atoms with van der Waals surface area (Å²) in [4.78, 5) is 20.6. The van der Waals surface area contributed by atoms with Crippen molar-refractivity contribution in [2.24, 2.45) is 0 Å². The highest BCUT2D eigenvalue weighted by Crippen LogP contribution is 2.21. The lowest BCUT2D eigenvalue weighted by Crippen LogP contribution is -2.05. The van der Waals surface area contributed by atoms with Gasteiger partial charge in [-0.05, 0) is 41.3 Å². The maximum atomic E-state index is 12.1. The molecule has 0 saturated heterocycles. The number of rotatable bonds is 4. The normalized spacial score (nSPS) is 10.4. The molecule has 0 atom stereocenters. The van der Waals surface area contributed by atoms with E-state index < -0.39 is 0 Å². The van der Waals surface area contributed by atoms with Crippen molar-refractivity contribution in [2.45, 2.75) is 6.42 Å². The fraction of sp³-hybridized carbons (Fsp3) is 0.0625. The van der Waals surface area contributed by atoms with Gasteiger partial charge in [-0.2, -0.15) is 11.3 Å². The van der Waals surface area contributed by atoms with Gasteiger partial charge in [-0.25, -0.2) is 0 Å². The monoisotopic (exact) mass is 280 g/mol. The van der Waals surface area contributed by atoms with Crippen molar-refractivity contribution in [3.05, 3.63) is 70.8 Å². The Morgan fingerprint density at radius 3 is 2.80 bits per heavy atom. The van der Waals surface area contributed by atoms with Gasteiger partial charge >= 0.3 is 0 Å². The molecule has 0 fully saturated rings. The fourth-order valence-electron chi connectivity index (χ4n) is 1.96. The Morgan fingerprint density at radius 2 is 2.05 bits per heavy atom. The van der Waals surface area contributed by atoms with Crippen molar-refractivity contribution in [1.82, 2.24) is 9.97 Å². The minimum atomic E-state index is 0.0214. The molecule has 0 saturated carbocycles. The maximum absolute atomic E-state index is 12.1. The minimum absolute atomic E-state index is 0.0214. The fourth-order valence-corrected chi connectivity index (χ4v) is 2.61. The SMILES string of the molecule is O=C(Cc1ccnc(-c2ccsc2)c1)c1ccccn1. The van der Waals surface area contributed by atoms with Gasteiger partial charge in [-0.3, -0.25) is 14.8 Å². The molecule has 0 aliphatic carbocycles. The molecule has 0 bridgehead atoms. The summed E-state index contributed by atoms with van der Waals surface area (Å²) < 4.78 is 0. The second-order valence-corrected chi connectivity index (χ2v) is 5.16. The molecule has 98 valence electrons. The van der Waals surface area contributed by atoms with Crippen LogP contribution in [0.4, 0.5) is 0 Å². The summed E-state index contributed by atoms with van der Waals surface area (Å²) in [5.74, 6) is 0.0214. The smallest absolute Gasteiger partial charge is 0.185 e. The maximum Gasteiger partial charge on any atom is 0.185 e. The predicted octanol–water partition coefficient (Wildman–Crippen LogP) is 3.63. The summed E-state index contributed by atoms with van der Waals surface area (Å²) in [6.45, 7) is 0. The van der Waals surface area contributed by atoms with E-state index in [1.54, 1.807) is 35.9 Å². The molecule has 3 aromatic rings. The number of nitrogens with zero attached hydrogens (tertiary/aromatic N) is 2. The van der Waals surface area contributed by atoms with Crippen molar-refractivity contribution >= 4 is 17.1 Å². The second kappa shape index (κ2) is 5.75. The van der Waals surface area contributed by atoms with Gasteiger partial charge in [0.05, 0.1) is 5.69 Å². The summed E-state index contributed by atoms with van der Waals surface area (Å²) in [7, 11) is 0. The molecule has 0 aliphatic rings. The quantitative estimate of drug-likeness (QED) is 0.685. The van der Waals surface area contributed by atoms with E-state index in [9.17, 15) is 4.79 Å². The van der Waals surface area contributed by atoms with E-state index >= 15 is 0 Å². The summed E-state index contributed by atoms with van der Waals surface area (Å²) in [5, 5.41) is 4.06.